The van der Waals surface area contributed by atoms with E-state index in [0.717, 1.165) is 16.7 Å². The number of benzene rings is 1. The van der Waals surface area contributed by atoms with Crippen LogP contribution in [-0.4, -0.2) is 22.8 Å². The molecule has 1 aromatic heterocycles. The zero-order valence-electron chi connectivity index (χ0n) is 9.26. The first-order valence-electron chi connectivity index (χ1n) is 5.41. The van der Waals surface area contributed by atoms with Crippen LogP contribution in [0.25, 0.3) is 10.9 Å². The molecule has 0 amide bonds. The molecule has 0 saturated heterocycles. The zero-order chi connectivity index (χ0) is 11.4. The van der Waals surface area contributed by atoms with Crippen molar-refractivity contribution in [1.82, 2.24) is 4.98 Å². The van der Waals surface area contributed by atoms with E-state index in [1.807, 2.05) is 30.3 Å². The Morgan fingerprint density at radius 2 is 2.25 bits per heavy atom. The Balaban J connectivity index is 2.08. The van der Waals surface area contributed by atoms with Crippen molar-refractivity contribution in [3.8, 4) is 5.75 Å². The first kappa shape index (κ1) is 10.9. The molecule has 0 fully saturated rings. The minimum absolute atomic E-state index is 0.321. The van der Waals surface area contributed by atoms with Gasteiger partial charge in [0.2, 0.25) is 0 Å². The van der Waals surface area contributed by atoms with Gasteiger partial charge in [0.05, 0.1) is 18.2 Å². The summed E-state index contributed by atoms with van der Waals surface area (Å²) in [4.78, 5) is 4.26. The highest BCUT2D eigenvalue weighted by atomic mass is 16.5. The summed E-state index contributed by atoms with van der Waals surface area (Å²) in [5.74, 6) is 0.798. The van der Waals surface area contributed by atoms with Crippen molar-refractivity contribution in [2.75, 3.05) is 6.61 Å². The van der Waals surface area contributed by atoms with Crippen LogP contribution in [0.15, 0.2) is 36.5 Å². The highest BCUT2D eigenvalue weighted by Crippen LogP contribution is 2.18. The fourth-order valence-corrected chi connectivity index (χ4v) is 1.48. The van der Waals surface area contributed by atoms with Crippen LogP contribution in [0.2, 0.25) is 0 Å². The molecule has 0 aliphatic carbocycles. The lowest BCUT2D eigenvalue weighted by molar-refractivity contribution is 0.155. The molecule has 1 atom stereocenters. The van der Waals surface area contributed by atoms with Crippen LogP contribution in [0.3, 0.4) is 0 Å². The maximum Gasteiger partial charge on any atom is 0.121 e. The van der Waals surface area contributed by atoms with E-state index in [-0.39, 0.29) is 6.10 Å². The molecule has 1 N–H and O–H groups in total. The van der Waals surface area contributed by atoms with E-state index < -0.39 is 0 Å². The second-order valence-electron chi connectivity index (χ2n) is 3.84. The van der Waals surface area contributed by atoms with Crippen LogP contribution in [0, 0.1) is 0 Å². The van der Waals surface area contributed by atoms with Crippen LogP contribution in [0.4, 0.5) is 0 Å². The predicted molar refractivity (Wildman–Crippen MR) is 63.5 cm³/mol. The van der Waals surface area contributed by atoms with Crippen molar-refractivity contribution >= 4 is 10.9 Å². The maximum atomic E-state index is 9.11. The number of aliphatic hydroxyl groups excluding tert-OH is 1. The molecule has 84 valence electrons. The van der Waals surface area contributed by atoms with Gasteiger partial charge in [-0.2, -0.15) is 0 Å². The first-order valence-corrected chi connectivity index (χ1v) is 5.41. The Labute approximate surface area is 94.7 Å². The lowest BCUT2D eigenvalue weighted by atomic mass is 10.2. The number of aromatic nitrogens is 1. The lowest BCUT2D eigenvalue weighted by Crippen LogP contribution is -2.07. The first-order chi connectivity index (χ1) is 7.75. The molecular formula is C13H15NO2. The average Bonchev–Trinajstić information content (AvgIpc) is 2.28. The minimum atomic E-state index is -0.321. The number of rotatable bonds is 4. The summed E-state index contributed by atoms with van der Waals surface area (Å²) >= 11 is 0. The average molecular weight is 217 g/mol. The van der Waals surface area contributed by atoms with Crippen molar-refractivity contribution in [1.29, 1.82) is 0 Å². The quantitative estimate of drug-likeness (QED) is 0.855. The Kier molecular flexibility index (Phi) is 3.37. The van der Waals surface area contributed by atoms with Crippen LogP contribution >= 0.6 is 0 Å². The predicted octanol–water partition coefficient (Wildman–Crippen LogP) is 2.38. The molecule has 16 heavy (non-hydrogen) atoms. The number of aliphatic hydroxyl groups is 1. The standard InChI is InChI=1S/C13H15NO2/c1-10(15)6-8-16-12-5-4-11-3-2-7-14-13(11)9-12/h2-5,7,9-10,15H,6,8H2,1H3. The normalized spacial score (nSPS) is 12.6. The zero-order valence-corrected chi connectivity index (χ0v) is 9.26. The topological polar surface area (TPSA) is 42.4 Å². The van der Waals surface area contributed by atoms with Gasteiger partial charge >= 0.3 is 0 Å². The summed E-state index contributed by atoms with van der Waals surface area (Å²) in [6, 6.07) is 9.75. The highest BCUT2D eigenvalue weighted by molar-refractivity contribution is 5.79. The molecule has 0 aliphatic heterocycles. The molecule has 1 aromatic carbocycles. The van der Waals surface area contributed by atoms with Gasteiger partial charge in [0.15, 0.2) is 0 Å². The Hall–Kier alpha value is -1.61. The van der Waals surface area contributed by atoms with Gasteiger partial charge < -0.3 is 9.84 Å². The molecule has 2 rings (SSSR count). The minimum Gasteiger partial charge on any atom is -0.493 e. The van der Waals surface area contributed by atoms with E-state index in [0.29, 0.717) is 13.0 Å². The number of ether oxygens (including phenoxy) is 1. The van der Waals surface area contributed by atoms with Gasteiger partial charge in [0, 0.05) is 24.1 Å². The molecule has 0 spiro atoms. The Morgan fingerprint density at radius 3 is 3.06 bits per heavy atom. The van der Waals surface area contributed by atoms with E-state index >= 15 is 0 Å². The van der Waals surface area contributed by atoms with Crippen molar-refractivity contribution < 1.29 is 9.84 Å². The van der Waals surface area contributed by atoms with E-state index in [4.69, 9.17) is 9.84 Å². The molecule has 1 heterocycles. The summed E-state index contributed by atoms with van der Waals surface area (Å²) in [5, 5.41) is 10.2. The van der Waals surface area contributed by atoms with E-state index in [2.05, 4.69) is 4.98 Å². The Morgan fingerprint density at radius 1 is 1.38 bits per heavy atom. The highest BCUT2D eigenvalue weighted by Gasteiger charge is 1.99. The van der Waals surface area contributed by atoms with Crippen molar-refractivity contribution in [3.05, 3.63) is 36.5 Å². The van der Waals surface area contributed by atoms with E-state index in [9.17, 15) is 0 Å². The molecule has 0 bridgehead atoms. The van der Waals surface area contributed by atoms with Crippen LogP contribution in [0.5, 0.6) is 5.75 Å². The monoisotopic (exact) mass is 217 g/mol. The number of hydrogen-bond acceptors (Lipinski definition) is 3. The molecular weight excluding hydrogens is 202 g/mol. The SMILES string of the molecule is CC(O)CCOc1ccc2cccnc2c1. The van der Waals surface area contributed by atoms with Gasteiger partial charge in [-0.15, -0.1) is 0 Å². The maximum absolute atomic E-state index is 9.11. The number of pyridine rings is 1. The van der Waals surface area contributed by atoms with Crippen molar-refractivity contribution in [2.45, 2.75) is 19.4 Å². The smallest absolute Gasteiger partial charge is 0.121 e. The van der Waals surface area contributed by atoms with Gasteiger partial charge in [-0.05, 0) is 25.1 Å². The van der Waals surface area contributed by atoms with Gasteiger partial charge in [-0.3, -0.25) is 4.98 Å². The number of hydrogen-bond donors (Lipinski definition) is 1. The van der Waals surface area contributed by atoms with Gasteiger partial charge in [-0.1, -0.05) is 6.07 Å². The summed E-state index contributed by atoms with van der Waals surface area (Å²) < 4.78 is 5.52. The van der Waals surface area contributed by atoms with Gasteiger partial charge in [-0.25, -0.2) is 0 Å². The molecule has 3 heteroatoms. The van der Waals surface area contributed by atoms with Crippen LogP contribution in [-0.2, 0) is 0 Å². The third kappa shape index (κ3) is 2.70. The van der Waals surface area contributed by atoms with Crippen LogP contribution in [0.1, 0.15) is 13.3 Å². The summed E-state index contributed by atoms with van der Waals surface area (Å²) in [6.07, 6.45) is 2.08. The largest absolute Gasteiger partial charge is 0.493 e. The molecule has 0 radical (unpaired) electrons. The third-order valence-electron chi connectivity index (χ3n) is 2.38. The second kappa shape index (κ2) is 4.94. The van der Waals surface area contributed by atoms with Crippen LogP contribution < -0.4 is 4.74 Å². The lowest BCUT2D eigenvalue weighted by Gasteiger charge is -2.08. The molecule has 1 unspecified atom stereocenters. The molecule has 0 aliphatic rings. The summed E-state index contributed by atoms with van der Waals surface area (Å²) in [6.45, 7) is 2.28. The van der Waals surface area contributed by atoms with E-state index in [1.54, 1.807) is 13.1 Å². The Bertz CT molecular complexity index is 468. The van der Waals surface area contributed by atoms with Crippen molar-refractivity contribution in [2.24, 2.45) is 0 Å². The summed E-state index contributed by atoms with van der Waals surface area (Å²) in [7, 11) is 0. The fraction of sp³-hybridized carbons (Fsp3) is 0.308. The van der Waals surface area contributed by atoms with Gasteiger partial charge in [0.1, 0.15) is 5.75 Å². The van der Waals surface area contributed by atoms with Gasteiger partial charge in [0.25, 0.3) is 0 Å². The fourth-order valence-electron chi connectivity index (χ4n) is 1.48. The molecule has 3 nitrogen and oxygen atoms in total. The third-order valence-corrected chi connectivity index (χ3v) is 2.38. The number of nitrogens with zero attached hydrogens (tertiary/aromatic N) is 1. The molecule has 0 saturated carbocycles. The number of fused-ring (bicyclic) bond motifs is 1. The summed E-state index contributed by atoms with van der Waals surface area (Å²) in [5.41, 5.74) is 0.928. The van der Waals surface area contributed by atoms with E-state index in [1.165, 1.54) is 0 Å². The van der Waals surface area contributed by atoms with Crippen molar-refractivity contribution in [3.63, 3.8) is 0 Å². The second-order valence-corrected chi connectivity index (χ2v) is 3.84. The molecule has 2 aromatic rings.